The van der Waals surface area contributed by atoms with Gasteiger partial charge in [0.25, 0.3) is 0 Å². The van der Waals surface area contributed by atoms with E-state index in [-0.39, 0.29) is 23.1 Å². The summed E-state index contributed by atoms with van der Waals surface area (Å²) in [7, 11) is 0. The molecule has 0 bridgehead atoms. The molecule has 0 aliphatic heterocycles. The molecule has 52 valence electrons. The van der Waals surface area contributed by atoms with Crippen LogP contribution in [0.2, 0.25) is 0 Å². The fourth-order valence-corrected chi connectivity index (χ4v) is 0.680. The Hall–Kier alpha value is -0.274. The van der Waals surface area contributed by atoms with Crippen LogP contribution in [0.1, 0.15) is 12.8 Å². The molecule has 0 nitrogen and oxygen atoms in total. The maximum atomic E-state index is 2.99. The minimum atomic E-state index is 0. The van der Waals surface area contributed by atoms with Crippen molar-refractivity contribution in [2.45, 2.75) is 12.8 Å². The van der Waals surface area contributed by atoms with Gasteiger partial charge in [0.05, 0.1) is 0 Å². The van der Waals surface area contributed by atoms with Crippen molar-refractivity contribution in [1.82, 2.24) is 0 Å². The van der Waals surface area contributed by atoms with Gasteiger partial charge in [-0.2, -0.15) is 12.2 Å². The summed E-state index contributed by atoms with van der Waals surface area (Å²) in [6.45, 7) is 0. The third kappa shape index (κ3) is 6.14. The monoisotopic (exact) mass is 154 g/mol. The maximum Gasteiger partial charge on any atom is 2.00 e. The first kappa shape index (κ1) is 10.7. The molecular weight excluding hydrogens is 144 g/mol. The van der Waals surface area contributed by atoms with E-state index in [0.717, 1.165) is 12.8 Å². The summed E-state index contributed by atoms with van der Waals surface area (Å²) in [5.41, 5.74) is 0. The molecule has 0 amide bonds. The number of hydrogen-bond donors (Lipinski definition) is 0. The van der Waals surface area contributed by atoms with Crippen LogP contribution in [0.5, 0.6) is 0 Å². The third-order valence-corrected chi connectivity index (χ3v) is 1.17. The largest absolute Gasteiger partial charge is 2.00 e. The summed E-state index contributed by atoms with van der Waals surface area (Å²) in [5, 5.41) is 0. The Balaban J connectivity index is 0.000000167. The molecule has 0 heterocycles. The fourth-order valence-electron chi connectivity index (χ4n) is 0.680. The van der Waals surface area contributed by atoms with E-state index in [0.29, 0.717) is 0 Å². The average molecular weight is 154 g/mol. The van der Waals surface area contributed by atoms with Crippen molar-refractivity contribution in [3.8, 4) is 0 Å². The summed E-state index contributed by atoms with van der Waals surface area (Å²) >= 11 is 0. The van der Waals surface area contributed by atoms with Crippen molar-refractivity contribution in [2.24, 2.45) is 0 Å². The van der Waals surface area contributed by atoms with Crippen LogP contribution < -0.4 is 0 Å². The summed E-state index contributed by atoms with van der Waals surface area (Å²) in [5.74, 6) is 0. The van der Waals surface area contributed by atoms with Gasteiger partial charge >= 0.3 is 23.1 Å². The quantitative estimate of drug-likeness (QED) is 0.371. The fraction of sp³-hybridized carbons (Fsp3) is 0.200. The Morgan fingerprint density at radius 2 is 1.27 bits per heavy atom. The van der Waals surface area contributed by atoms with E-state index in [1.807, 2.05) is 24.3 Å². The van der Waals surface area contributed by atoms with Crippen molar-refractivity contribution >= 4 is 23.1 Å². The molecule has 11 heavy (non-hydrogen) atoms. The molecule has 2 rings (SSSR count). The van der Waals surface area contributed by atoms with Gasteiger partial charge in [0.15, 0.2) is 0 Å². The zero-order valence-electron chi connectivity index (χ0n) is 6.59. The summed E-state index contributed by atoms with van der Waals surface area (Å²) in [6, 6.07) is 0. The smallest absolute Gasteiger partial charge is 0.273 e. The van der Waals surface area contributed by atoms with Crippen LogP contribution in [0.4, 0.5) is 0 Å². The van der Waals surface area contributed by atoms with Gasteiger partial charge in [-0.3, -0.25) is 12.2 Å². The van der Waals surface area contributed by atoms with Crippen LogP contribution in [0.25, 0.3) is 0 Å². The number of hydrogen-bond acceptors (Lipinski definition) is 0. The predicted molar refractivity (Wildman–Crippen MR) is 48.9 cm³/mol. The van der Waals surface area contributed by atoms with Crippen molar-refractivity contribution < 1.29 is 0 Å². The second-order valence-electron chi connectivity index (χ2n) is 2.01. The Labute approximate surface area is 84.5 Å². The summed E-state index contributed by atoms with van der Waals surface area (Å²) in [4.78, 5) is 0. The first-order valence-corrected chi connectivity index (χ1v) is 3.43. The standard InChI is InChI=1S/2C5H5.Mg/c2*1-2-4-5-3-1;/h2*1-3H,4H2;/q2*-1;+2. The van der Waals surface area contributed by atoms with Crippen LogP contribution >= 0.6 is 0 Å². The number of allylic oxidation sites excluding steroid dienone is 8. The Morgan fingerprint density at radius 3 is 1.36 bits per heavy atom. The molecule has 2 aliphatic rings. The minimum absolute atomic E-state index is 0. The van der Waals surface area contributed by atoms with Crippen LogP contribution in [0.15, 0.2) is 36.5 Å². The van der Waals surface area contributed by atoms with E-state index >= 15 is 0 Å². The van der Waals surface area contributed by atoms with E-state index in [2.05, 4.69) is 24.3 Å². The van der Waals surface area contributed by atoms with Gasteiger partial charge in [-0.1, -0.05) is 0 Å². The SMILES string of the molecule is [C-]1=CC=CC1.[C-]1=CC=CC1.[Mg+2]. The van der Waals surface area contributed by atoms with Gasteiger partial charge in [0.2, 0.25) is 0 Å². The molecular formula is C10H10Mg. The normalized spacial score (nSPS) is 16.0. The molecule has 0 radical (unpaired) electrons. The zero-order valence-corrected chi connectivity index (χ0v) is 8.00. The van der Waals surface area contributed by atoms with Gasteiger partial charge < -0.3 is 0 Å². The van der Waals surface area contributed by atoms with Crippen molar-refractivity contribution in [3.05, 3.63) is 48.6 Å². The van der Waals surface area contributed by atoms with E-state index in [1.165, 1.54) is 0 Å². The van der Waals surface area contributed by atoms with Crippen LogP contribution in [-0.4, -0.2) is 23.1 Å². The molecule has 0 aromatic carbocycles. The Morgan fingerprint density at radius 1 is 0.818 bits per heavy atom. The van der Waals surface area contributed by atoms with E-state index < -0.39 is 0 Å². The molecule has 0 saturated carbocycles. The molecule has 0 fully saturated rings. The molecule has 0 saturated heterocycles. The van der Waals surface area contributed by atoms with Gasteiger partial charge in [0, 0.05) is 0 Å². The third-order valence-electron chi connectivity index (χ3n) is 1.17. The zero-order chi connectivity index (χ0) is 7.07. The molecule has 0 aromatic heterocycles. The van der Waals surface area contributed by atoms with E-state index in [9.17, 15) is 0 Å². The second-order valence-corrected chi connectivity index (χ2v) is 2.01. The van der Waals surface area contributed by atoms with Crippen molar-refractivity contribution in [3.63, 3.8) is 0 Å². The molecule has 2 aliphatic carbocycles. The van der Waals surface area contributed by atoms with Crippen LogP contribution in [-0.2, 0) is 0 Å². The molecule has 0 aromatic rings. The summed E-state index contributed by atoms with van der Waals surface area (Å²) < 4.78 is 0. The summed E-state index contributed by atoms with van der Waals surface area (Å²) in [6.07, 6.45) is 20.0. The Kier molecular flexibility index (Phi) is 7.63. The second kappa shape index (κ2) is 7.83. The first-order valence-electron chi connectivity index (χ1n) is 3.43. The molecule has 1 heteroatoms. The minimum Gasteiger partial charge on any atom is -0.273 e. The Bertz CT molecular complexity index is 143. The van der Waals surface area contributed by atoms with Crippen LogP contribution in [0.3, 0.4) is 0 Å². The first-order chi connectivity index (χ1) is 5.00. The average Bonchev–Trinajstić information content (AvgIpc) is 2.67. The van der Waals surface area contributed by atoms with Crippen molar-refractivity contribution in [1.29, 1.82) is 0 Å². The molecule has 0 spiro atoms. The van der Waals surface area contributed by atoms with Crippen molar-refractivity contribution in [2.75, 3.05) is 0 Å². The number of rotatable bonds is 0. The predicted octanol–water partition coefficient (Wildman–Crippen LogP) is 2.23. The molecule has 0 atom stereocenters. The van der Waals surface area contributed by atoms with E-state index in [1.54, 1.807) is 0 Å². The maximum absolute atomic E-state index is 2.99. The topological polar surface area (TPSA) is 0 Å². The molecule has 0 unspecified atom stereocenters. The van der Waals surface area contributed by atoms with Gasteiger partial charge in [-0.05, 0) is 0 Å². The van der Waals surface area contributed by atoms with E-state index in [4.69, 9.17) is 0 Å². The van der Waals surface area contributed by atoms with Gasteiger partial charge in [0.1, 0.15) is 0 Å². The van der Waals surface area contributed by atoms with Gasteiger partial charge in [-0.25, -0.2) is 24.3 Å². The van der Waals surface area contributed by atoms with Crippen LogP contribution in [0, 0.1) is 12.2 Å². The molecule has 0 N–H and O–H groups in total. The van der Waals surface area contributed by atoms with Gasteiger partial charge in [-0.15, -0.1) is 12.8 Å².